The normalized spacial score (nSPS) is 10.4. The van der Waals surface area contributed by atoms with Crippen LogP contribution in [0.15, 0.2) is 16.6 Å². The fourth-order valence-corrected chi connectivity index (χ4v) is 2.14. The molecule has 0 aliphatic carbocycles. The first-order chi connectivity index (χ1) is 7.22. The molecule has 1 aromatic rings. The molecule has 0 bridgehead atoms. The quantitative estimate of drug-likeness (QED) is 0.837. The molecular weight excluding hydrogens is 258 g/mol. The van der Waals surface area contributed by atoms with E-state index in [9.17, 15) is 0 Å². The summed E-state index contributed by atoms with van der Waals surface area (Å²) in [6.45, 7) is 2.76. The van der Waals surface area contributed by atoms with Gasteiger partial charge in [-0.25, -0.2) is 0 Å². The highest BCUT2D eigenvalue weighted by Gasteiger charge is 2.08. The van der Waals surface area contributed by atoms with Crippen molar-refractivity contribution in [1.82, 2.24) is 5.48 Å². The van der Waals surface area contributed by atoms with Gasteiger partial charge in [-0.15, -0.1) is 0 Å². The lowest BCUT2D eigenvalue weighted by Gasteiger charge is -2.12. The zero-order valence-corrected chi connectivity index (χ0v) is 10.8. The minimum absolute atomic E-state index is 0.631. The summed E-state index contributed by atoms with van der Waals surface area (Å²) < 4.78 is 6.31. The van der Waals surface area contributed by atoms with Crippen molar-refractivity contribution in [1.29, 1.82) is 0 Å². The first kappa shape index (κ1) is 12.5. The molecule has 0 spiro atoms. The van der Waals surface area contributed by atoms with E-state index in [1.807, 2.05) is 0 Å². The monoisotopic (exact) mass is 273 g/mol. The second kappa shape index (κ2) is 6.10. The predicted octanol–water partition coefficient (Wildman–Crippen LogP) is 2.67. The molecule has 0 aliphatic rings. The van der Waals surface area contributed by atoms with Gasteiger partial charge < -0.3 is 9.57 Å². The molecule has 4 heteroatoms. The Kier molecular flexibility index (Phi) is 5.08. The van der Waals surface area contributed by atoms with Crippen LogP contribution in [0, 0.1) is 0 Å². The van der Waals surface area contributed by atoms with E-state index in [1.165, 1.54) is 5.56 Å². The van der Waals surface area contributed by atoms with Crippen molar-refractivity contribution in [2.75, 3.05) is 14.2 Å². The summed E-state index contributed by atoms with van der Waals surface area (Å²) >= 11 is 3.50. The molecule has 15 heavy (non-hydrogen) atoms. The first-order valence-corrected chi connectivity index (χ1v) is 5.63. The van der Waals surface area contributed by atoms with Crippen molar-refractivity contribution < 1.29 is 9.57 Å². The van der Waals surface area contributed by atoms with E-state index >= 15 is 0 Å². The summed E-state index contributed by atoms with van der Waals surface area (Å²) in [4.78, 5) is 4.84. The van der Waals surface area contributed by atoms with Crippen LogP contribution in [-0.2, 0) is 17.8 Å². The SMILES string of the molecule is CCc1cc(Br)c(OC)c(CNOC)c1. The topological polar surface area (TPSA) is 30.5 Å². The van der Waals surface area contributed by atoms with E-state index < -0.39 is 0 Å². The molecule has 0 fully saturated rings. The Morgan fingerprint density at radius 3 is 2.60 bits per heavy atom. The van der Waals surface area contributed by atoms with Crippen LogP contribution < -0.4 is 10.2 Å². The molecule has 0 aliphatic heterocycles. The molecule has 0 saturated carbocycles. The van der Waals surface area contributed by atoms with Gasteiger partial charge in [0.1, 0.15) is 5.75 Å². The fourth-order valence-electron chi connectivity index (χ4n) is 1.43. The second-order valence-electron chi connectivity index (χ2n) is 3.15. The molecular formula is C11H16BrNO2. The van der Waals surface area contributed by atoms with Gasteiger partial charge in [0, 0.05) is 12.1 Å². The molecule has 1 rings (SSSR count). The summed E-state index contributed by atoms with van der Waals surface area (Å²) in [6.07, 6.45) is 1.00. The Balaban J connectivity index is 3.02. The highest BCUT2D eigenvalue weighted by molar-refractivity contribution is 9.10. The number of benzene rings is 1. The maximum absolute atomic E-state index is 5.33. The van der Waals surface area contributed by atoms with Crippen molar-refractivity contribution in [3.05, 3.63) is 27.7 Å². The number of nitrogens with one attached hydrogen (secondary N) is 1. The molecule has 0 unspecified atom stereocenters. The van der Waals surface area contributed by atoms with Crippen molar-refractivity contribution >= 4 is 15.9 Å². The summed E-state index contributed by atoms with van der Waals surface area (Å²) in [6, 6.07) is 4.20. The number of hydrogen-bond acceptors (Lipinski definition) is 3. The lowest BCUT2D eigenvalue weighted by Crippen LogP contribution is -2.12. The summed E-state index contributed by atoms with van der Waals surface area (Å²) in [5, 5.41) is 0. The highest BCUT2D eigenvalue weighted by Crippen LogP contribution is 2.30. The number of ether oxygens (including phenoxy) is 1. The largest absolute Gasteiger partial charge is 0.495 e. The summed E-state index contributed by atoms with van der Waals surface area (Å²) in [7, 11) is 3.27. The highest BCUT2D eigenvalue weighted by atomic mass is 79.9. The summed E-state index contributed by atoms with van der Waals surface area (Å²) in [5.74, 6) is 0.858. The molecule has 0 heterocycles. The number of hydroxylamine groups is 1. The molecule has 0 aromatic heterocycles. The molecule has 0 atom stereocenters. The van der Waals surface area contributed by atoms with Gasteiger partial charge in [0.25, 0.3) is 0 Å². The van der Waals surface area contributed by atoms with Gasteiger partial charge in [-0.3, -0.25) is 0 Å². The van der Waals surface area contributed by atoms with Crippen LogP contribution in [0.3, 0.4) is 0 Å². The van der Waals surface area contributed by atoms with E-state index in [0.29, 0.717) is 6.54 Å². The van der Waals surface area contributed by atoms with Gasteiger partial charge in [-0.05, 0) is 34.0 Å². The molecule has 0 radical (unpaired) electrons. The van der Waals surface area contributed by atoms with Crippen molar-refractivity contribution in [3.63, 3.8) is 0 Å². The van der Waals surface area contributed by atoms with Crippen LogP contribution in [0.5, 0.6) is 5.75 Å². The minimum Gasteiger partial charge on any atom is -0.495 e. The van der Waals surface area contributed by atoms with Crippen molar-refractivity contribution in [2.45, 2.75) is 19.9 Å². The second-order valence-corrected chi connectivity index (χ2v) is 4.00. The smallest absolute Gasteiger partial charge is 0.137 e. The zero-order valence-electron chi connectivity index (χ0n) is 9.26. The third-order valence-corrected chi connectivity index (χ3v) is 2.79. The van der Waals surface area contributed by atoms with Crippen LogP contribution in [0.25, 0.3) is 0 Å². The average Bonchev–Trinajstić information content (AvgIpc) is 2.25. The van der Waals surface area contributed by atoms with E-state index in [2.05, 4.69) is 40.5 Å². The number of methoxy groups -OCH3 is 1. The Morgan fingerprint density at radius 2 is 2.07 bits per heavy atom. The lowest BCUT2D eigenvalue weighted by molar-refractivity contribution is 0.0861. The number of rotatable bonds is 5. The van der Waals surface area contributed by atoms with E-state index in [-0.39, 0.29) is 0 Å². The lowest BCUT2D eigenvalue weighted by atomic mass is 10.1. The molecule has 3 nitrogen and oxygen atoms in total. The zero-order chi connectivity index (χ0) is 11.3. The first-order valence-electron chi connectivity index (χ1n) is 4.84. The van der Waals surface area contributed by atoms with Gasteiger partial charge in [0.15, 0.2) is 0 Å². The van der Waals surface area contributed by atoms with Crippen LogP contribution in [-0.4, -0.2) is 14.2 Å². The van der Waals surface area contributed by atoms with Gasteiger partial charge in [0.2, 0.25) is 0 Å². The van der Waals surface area contributed by atoms with Gasteiger partial charge in [0.05, 0.1) is 18.7 Å². The molecule has 84 valence electrons. The van der Waals surface area contributed by atoms with Gasteiger partial charge in [-0.2, -0.15) is 5.48 Å². The maximum atomic E-state index is 5.33. The Hall–Kier alpha value is -0.580. The van der Waals surface area contributed by atoms with E-state index in [1.54, 1.807) is 14.2 Å². The van der Waals surface area contributed by atoms with E-state index in [0.717, 1.165) is 22.2 Å². The molecule has 0 saturated heterocycles. The van der Waals surface area contributed by atoms with Crippen LogP contribution >= 0.6 is 15.9 Å². The van der Waals surface area contributed by atoms with Crippen LogP contribution in [0.1, 0.15) is 18.1 Å². The summed E-state index contributed by atoms with van der Waals surface area (Å²) in [5.41, 5.74) is 5.18. The molecule has 1 aromatic carbocycles. The van der Waals surface area contributed by atoms with Crippen LogP contribution in [0.2, 0.25) is 0 Å². The maximum Gasteiger partial charge on any atom is 0.137 e. The Bertz CT molecular complexity index is 329. The number of hydrogen-bond donors (Lipinski definition) is 1. The van der Waals surface area contributed by atoms with Gasteiger partial charge in [-0.1, -0.05) is 13.0 Å². The molecule has 1 N–H and O–H groups in total. The number of halogens is 1. The third kappa shape index (κ3) is 3.19. The Labute approximate surface area is 98.9 Å². The average molecular weight is 274 g/mol. The Morgan fingerprint density at radius 1 is 1.33 bits per heavy atom. The van der Waals surface area contributed by atoms with Crippen molar-refractivity contribution in [2.24, 2.45) is 0 Å². The predicted molar refractivity (Wildman–Crippen MR) is 63.9 cm³/mol. The van der Waals surface area contributed by atoms with Crippen molar-refractivity contribution in [3.8, 4) is 5.75 Å². The minimum atomic E-state index is 0.631. The molecule has 0 amide bonds. The number of aryl methyl sites for hydroxylation is 1. The van der Waals surface area contributed by atoms with Crippen LogP contribution in [0.4, 0.5) is 0 Å². The standard InChI is InChI=1S/C11H16BrNO2/c1-4-8-5-9(7-13-15-3)11(14-2)10(12)6-8/h5-6,13H,4,7H2,1-3H3. The third-order valence-electron chi connectivity index (χ3n) is 2.20. The van der Waals surface area contributed by atoms with E-state index in [4.69, 9.17) is 9.57 Å². The fraction of sp³-hybridized carbons (Fsp3) is 0.455. The van der Waals surface area contributed by atoms with Gasteiger partial charge >= 0.3 is 0 Å².